The molecule has 5 heteroatoms. The molecule has 5 nitrogen and oxygen atoms in total. The summed E-state index contributed by atoms with van der Waals surface area (Å²) in [6.45, 7) is 1.98. The summed E-state index contributed by atoms with van der Waals surface area (Å²) >= 11 is 0. The highest BCUT2D eigenvalue weighted by Crippen LogP contribution is 2.09. The van der Waals surface area contributed by atoms with Crippen molar-refractivity contribution in [3.8, 4) is 5.69 Å². The van der Waals surface area contributed by atoms with Crippen molar-refractivity contribution in [3.05, 3.63) is 30.4 Å². The van der Waals surface area contributed by atoms with Crippen LogP contribution in [0.3, 0.4) is 0 Å². The molecule has 0 fully saturated rings. The van der Waals surface area contributed by atoms with Gasteiger partial charge in [0.25, 0.3) is 0 Å². The van der Waals surface area contributed by atoms with Crippen molar-refractivity contribution < 1.29 is 0 Å². The molecule has 0 aliphatic rings. The highest BCUT2D eigenvalue weighted by Gasteiger charge is 2.01. The summed E-state index contributed by atoms with van der Waals surface area (Å²) in [7, 11) is 0. The Morgan fingerprint density at radius 1 is 1.46 bits per heavy atom. The predicted molar refractivity (Wildman–Crippen MR) is 48.3 cm³/mol. The van der Waals surface area contributed by atoms with E-state index in [1.165, 1.54) is 0 Å². The molecule has 2 heterocycles. The first-order chi connectivity index (χ1) is 6.27. The molecule has 2 rings (SSSR count). The van der Waals surface area contributed by atoms with E-state index in [4.69, 9.17) is 5.73 Å². The normalized spacial score (nSPS) is 10.2. The number of hydrogen-bond donors (Lipinski definition) is 1. The second-order valence-electron chi connectivity index (χ2n) is 2.71. The zero-order chi connectivity index (χ0) is 9.26. The van der Waals surface area contributed by atoms with Gasteiger partial charge in [0.15, 0.2) is 0 Å². The summed E-state index contributed by atoms with van der Waals surface area (Å²) < 4.78 is 1.61. The Balaban J connectivity index is 2.52. The first-order valence-corrected chi connectivity index (χ1v) is 3.85. The van der Waals surface area contributed by atoms with Crippen LogP contribution in [-0.2, 0) is 0 Å². The summed E-state index contributed by atoms with van der Waals surface area (Å²) in [6, 6.07) is 1.91. The van der Waals surface area contributed by atoms with Gasteiger partial charge in [0.2, 0.25) is 5.95 Å². The van der Waals surface area contributed by atoms with Crippen LogP contribution in [-0.4, -0.2) is 19.7 Å². The number of pyridine rings is 1. The van der Waals surface area contributed by atoms with E-state index in [1.807, 2.05) is 13.0 Å². The Bertz CT molecular complexity index is 420. The first-order valence-electron chi connectivity index (χ1n) is 3.85. The molecule has 2 N–H and O–H groups in total. The number of aromatic nitrogens is 4. The molecular weight excluding hydrogens is 166 g/mol. The van der Waals surface area contributed by atoms with Gasteiger partial charge in [-0.3, -0.25) is 4.98 Å². The smallest absolute Gasteiger partial charge is 0.239 e. The maximum Gasteiger partial charge on any atom is 0.239 e. The van der Waals surface area contributed by atoms with Crippen LogP contribution in [0, 0.1) is 6.92 Å². The van der Waals surface area contributed by atoms with Crippen molar-refractivity contribution in [2.24, 2.45) is 0 Å². The van der Waals surface area contributed by atoms with Crippen LogP contribution >= 0.6 is 0 Å². The minimum Gasteiger partial charge on any atom is -0.366 e. The molecule has 0 aromatic carbocycles. The largest absolute Gasteiger partial charge is 0.366 e. The van der Waals surface area contributed by atoms with E-state index in [-0.39, 0.29) is 5.95 Å². The third-order valence-corrected chi connectivity index (χ3v) is 1.77. The van der Waals surface area contributed by atoms with E-state index in [0.29, 0.717) is 0 Å². The molecule has 0 saturated heterocycles. The monoisotopic (exact) mass is 175 g/mol. The third kappa shape index (κ3) is 1.35. The van der Waals surface area contributed by atoms with Crippen LogP contribution in [0.5, 0.6) is 0 Å². The van der Waals surface area contributed by atoms with Gasteiger partial charge in [-0.1, -0.05) is 0 Å². The molecule has 0 unspecified atom stereocenters. The van der Waals surface area contributed by atoms with Crippen LogP contribution in [0.1, 0.15) is 5.56 Å². The van der Waals surface area contributed by atoms with Crippen molar-refractivity contribution >= 4 is 5.95 Å². The maximum atomic E-state index is 5.40. The van der Waals surface area contributed by atoms with Crippen LogP contribution in [0.25, 0.3) is 5.69 Å². The maximum absolute atomic E-state index is 5.40. The minimum absolute atomic E-state index is 0.267. The summed E-state index contributed by atoms with van der Waals surface area (Å²) in [6.07, 6.45) is 5.03. The summed E-state index contributed by atoms with van der Waals surface area (Å²) in [5.41, 5.74) is 7.38. The minimum atomic E-state index is 0.267. The van der Waals surface area contributed by atoms with Gasteiger partial charge < -0.3 is 5.73 Å². The Hall–Kier alpha value is -1.91. The average Bonchev–Trinajstić information content (AvgIpc) is 2.53. The number of nitrogens with zero attached hydrogens (tertiary/aromatic N) is 4. The van der Waals surface area contributed by atoms with E-state index >= 15 is 0 Å². The predicted octanol–water partition coefficient (Wildman–Crippen LogP) is 0.553. The van der Waals surface area contributed by atoms with Gasteiger partial charge in [-0.2, -0.15) is 0 Å². The summed E-state index contributed by atoms with van der Waals surface area (Å²) in [4.78, 5) is 7.84. The van der Waals surface area contributed by atoms with Crippen molar-refractivity contribution in [2.75, 3.05) is 5.73 Å². The van der Waals surface area contributed by atoms with Gasteiger partial charge in [0.05, 0.1) is 11.9 Å². The third-order valence-electron chi connectivity index (χ3n) is 1.77. The fourth-order valence-corrected chi connectivity index (χ4v) is 1.09. The fraction of sp³-hybridized carbons (Fsp3) is 0.125. The van der Waals surface area contributed by atoms with E-state index in [2.05, 4.69) is 15.1 Å². The quantitative estimate of drug-likeness (QED) is 0.687. The molecule has 13 heavy (non-hydrogen) atoms. The van der Waals surface area contributed by atoms with Crippen molar-refractivity contribution in [3.63, 3.8) is 0 Å². The van der Waals surface area contributed by atoms with Crippen molar-refractivity contribution in [1.82, 2.24) is 19.7 Å². The Labute approximate surface area is 75.2 Å². The van der Waals surface area contributed by atoms with Crippen molar-refractivity contribution in [1.29, 1.82) is 0 Å². The second-order valence-corrected chi connectivity index (χ2v) is 2.71. The number of hydrogen-bond acceptors (Lipinski definition) is 4. The van der Waals surface area contributed by atoms with Gasteiger partial charge in [0, 0.05) is 6.20 Å². The molecule has 0 radical (unpaired) electrons. The molecule has 2 aromatic rings. The van der Waals surface area contributed by atoms with E-state index in [0.717, 1.165) is 11.3 Å². The van der Waals surface area contributed by atoms with Gasteiger partial charge in [-0.25, -0.2) is 9.67 Å². The molecule has 0 atom stereocenters. The van der Waals surface area contributed by atoms with E-state index < -0.39 is 0 Å². The zero-order valence-corrected chi connectivity index (χ0v) is 7.18. The molecule has 0 aliphatic carbocycles. The number of nitrogen functional groups attached to an aromatic ring is 1. The van der Waals surface area contributed by atoms with Gasteiger partial charge in [0.1, 0.15) is 6.33 Å². The Morgan fingerprint density at radius 3 is 2.92 bits per heavy atom. The number of aryl methyl sites for hydroxylation is 1. The molecule has 0 aliphatic heterocycles. The lowest BCUT2D eigenvalue weighted by molar-refractivity contribution is 0.868. The molecule has 2 aromatic heterocycles. The van der Waals surface area contributed by atoms with Crippen molar-refractivity contribution in [2.45, 2.75) is 6.92 Å². The summed E-state index contributed by atoms with van der Waals surface area (Å²) in [5.74, 6) is 0.267. The lowest BCUT2D eigenvalue weighted by Gasteiger charge is -2.01. The standard InChI is InChI=1S/C8H9N5/c1-6-2-3-10-4-7(6)13-5-11-8(9)12-13/h2-5H,1H3,(H2,9,12). The van der Waals surface area contributed by atoms with Crippen LogP contribution < -0.4 is 5.73 Å². The second kappa shape index (κ2) is 2.85. The van der Waals surface area contributed by atoms with Crippen LogP contribution in [0.4, 0.5) is 5.95 Å². The molecule has 0 saturated carbocycles. The van der Waals surface area contributed by atoms with Gasteiger partial charge >= 0.3 is 0 Å². The average molecular weight is 175 g/mol. The van der Waals surface area contributed by atoms with E-state index in [9.17, 15) is 0 Å². The lowest BCUT2D eigenvalue weighted by atomic mass is 10.2. The first kappa shape index (κ1) is 7.72. The van der Waals surface area contributed by atoms with Crippen LogP contribution in [0.15, 0.2) is 24.8 Å². The number of rotatable bonds is 1. The van der Waals surface area contributed by atoms with Crippen LogP contribution in [0.2, 0.25) is 0 Å². The molecule has 0 amide bonds. The molecule has 66 valence electrons. The van der Waals surface area contributed by atoms with Gasteiger partial charge in [-0.05, 0) is 18.6 Å². The highest BCUT2D eigenvalue weighted by atomic mass is 15.4. The highest BCUT2D eigenvalue weighted by molar-refractivity contribution is 5.36. The summed E-state index contributed by atoms with van der Waals surface area (Å²) in [5, 5.41) is 3.99. The zero-order valence-electron chi connectivity index (χ0n) is 7.18. The van der Waals surface area contributed by atoms with Gasteiger partial charge in [-0.15, -0.1) is 5.10 Å². The molecule has 0 bridgehead atoms. The fourth-order valence-electron chi connectivity index (χ4n) is 1.09. The lowest BCUT2D eigenvalue weighted by Crippen LogP contribution is -1.99. The SMILES string of the molecule is Cc1ccncc1-n1cnc(N)n1. The topological polar surface area (TPSA) is 69.6 Å². The Kier molecular flexibility index (Phi) is 1.70. The number of nitrogens with two attached hydrogens (primary N) is 1. The van der Waals surface area contributed by atoms with E-state index in [1.54, 1.807) is 23.4 Å². The number of anilines is 1. The molecule has 0 spiro atoms. The molecular formula is C8H9N5. The Morgan fingerprint density at radius 2 is 2.31 bits per heavy atom.